The van der Waals surface area contributed by atoms with Crippen LogP contribution in [-0.4, -0.2) is 22.1 Å². The summed E-state index contributed by atoms with van der Waals surface area (Å²) in [6.45, 7) is 6.25. The minimum atomic E-state index is -0.00575. The van der Waals surface area contributed by atoms with Crippen LogP contribution < -0.4 is 10.6 Å². The maximum atomic E-state index is 11.5. The summed E-state index contributed by atoms with van der Waals surface area (Å²) < 4.78 is 0. The maximum Gasteiger partial charge on any atom is 0.225 e. The van der Waals surface area contributed by atoms with Gasteiger partial charge in [0.2, 0.25) is 5.91 Å². The molecule has 1 rings (SSSR count). The van der Waals surface area contributed by atoms with Gasteiger partial charge in [-0.15, -0.1) is 10.2 Å². The van der Waals surface area contributed by atoms with Crippen molar-refractivity contribution in [1.82, 2.24) is 10.2 Å². The van der Waals surface area contributed by atoms with E-state index in [2.05, 4.69) is 41.6 Å². The molecule has 1 aromatic heterocycles. The summed E-state index contributed by atoms with van der Waals surface area (Å²) in [6, 6.07) is 3.96. The molecule has 100 valence electrons. The summed E-state index contributed by atoms with van der Waals surface area (Å²) in [4.78, 5) is 11.5. The van der Waals surface area contributed by atoms with Gasteiger partial charge >= 0.3 is 0 Å². The highest BCUT2D eigenvalue weighted by molar-refractivity contribution is 5.89. The van der Waals surface area contributed by atoms with Gasteiger partial charge in [0.1, 0.15) is 5.82 Å². The van der Waals surface area contributed by atoms with E-state index in [1.54, 1.807) is 6.07 Å². The summed E-state index contributed by atoms with van der Waals surface area (Å²) in [5, 5.41) is 13.9. The molecule has 1 atom stereocenters. The summed E-state index contributed by atoms with van der Waals surface area (Å²) >= 11 is 0. The van der Waals surface area contributed by atoms with E-state index in [1.807, 2.05) is 6.07 Å². The Morgan fingerprint density at radius 3 is 2.50 bits per heavy atom. The number of amides is 1. The largest absolute Gasteiger partial charge is 0.366 e. The summed E-state index contributed by atoms with van der Waals surface area (Å²) in [6.07, 6.45) is 3.46. The predicted octanol–water partition coefficient (Wildman–Crippen LogP) is 2.82. The number of carbonyl (C=O) groups is 1. The number of rotatable bonds is 7. The fraction of sp³-hybridized carbons (Fsp3) is 0.615. The van der Waals surface area contributed by atoms with Crippen LogP contribution in [0.2, 0.25) is 0 Å². The van der Waals surface area contributed by atoms with Gasteiger partial charge in [0.05, 0.1) is 0 Å². The van der Waals surface area contributed by atoms with E-state index in [-0.39, 0.29) is 5.91 Å². The van der Waals surface area contributed by atoms with Gasteiger partial charge in [0, 0.05) is 12.5 Å². The van der Waals surface area contributed by atoms with E-state index in [9.17, 15) is 4.79 Å². The minimum absolute atomic E-state index is 0.00575. The summed E-state index contributed by atoms with van der Waals surface area (Å²) in [5.74, 6) is 1.23. The van der Waals surface area contributed by atoms with Gasteiger partial charge in [0.25, 0.3) is 0 Å². The van der Waals surface area contributed by atoms with Gasteiger partial charge in [-0.2, -0.15) is 0 Å². The molecule has 1 heterocycles. The highest BCUT2D eigenvalue weighted by atomic mass is 16.1. The molecule has 0 fully saturated rings. The van der Waals surface area contributed by atoms with Crippen molar-refractivity contribution in [1.29, 1.82) is 0 Å². The van der Waals surface area contributed by atoms with Crippen molar-refractivity contribution in [3.05, 3.63) is 12.1 Å². The van der Waals surface area contributed by atoms with Gasteiger partial charge < -0.3 is 10.6 Å². The molecule has 1 unspecified atom stereocenters. The number of carbonyl (C=O) groups excluding carboxylic acids is 1. The predicted molar refractivity (Wildman–Crippen MR) is 73.6 cm³/mol. The SMILES string of the molecule is CCCCC(=O)Nc1ccc(NC(C)CC)nn1. The lowest BCUT2D eigenvalue weighted by atomic mass is 10.2. The van der Waals surface area contributed by atoms with Crippen molar-refractivity contribution < 1.29 is 4.79 Å². The van der Waals surface area contributed by atoms with Crippen LogP contribution in [-0.2, 0) is 4.79 Å². The fourth-order valence-corrected chi connectivity index (χ4v) is 1.37. The van der Waals surface area contributed by atoms with Gasteiger partial charge in [-0.25, -0.2) is 0 Å². The Bertz CT molecular complexity index is 364. The lowest BCUT2D eigenvalue weighted by molar-refractivity contribution is -0.116. The Morgan fingerprint density at radius 1 is 1.28 bits per heavy atom. The van der Waals surface area contributed by atoms with Crippen LogP contribution in [0.4, 0.5) is 11.6 Å². The molecule has 5 nitrogen and oxygen atoms in total. The zero-order valence-corrected chi connectivity index (χ0v) is 11.4. The van der Waals surface area contributed by atoms with E-state index in [1.165, 1.54) is 0 Å². The fourth-order valence-electron chi connectivity index (χ4n) is 1.37. The Labute approximate surface area is 108 Å². The highest BCUT2D eigenvalue weighted by Crippen LogP contribution is 2.09. The third kappa shape index (κ3) is 5.12. The Hall–Kier alpha value is -1.65. The normalized spacial score (nSPS) is 11.9. The first kappa shape index (κ1) is 14.4. The monoisotopic (exact) mass is 250 g/mol. The van der Waals surface area contributed by atoms with Crippen LogP contribution in [0, 0.1) is 0 Å². The summed E-state index contributed by atoms with van der Waals surface area (Å²) in [5.41, 5.74) is 0. The maximum absolute atomic E-state index is 11.5. The number of nitrogens with one attached hydrogen (secondary N) is 2. The topological polar surface area (TPSA) is 66.9 Å². The molecule has 0 spiro atoms. The smallest absolute Gasteiger partial charge is 0.225 e. The first-order valence-electron chi connectivity index (χ1n) is 6.55. The number of hydrogen-bond acceptors (Lipinski definition) is 4. The number of unbranched alkanes of at least 4 members (excludes halogenated alkanes) is 1. The average molecular weight is 250 g/mol. The Morgan fingerprint density at radius 2 is 1.94 bits per heavy atom. The third-order valence-corrected chi connectivity index (χ3v) is 2.70. The van der Waals surface area contributed by atoms with Crippen molar-refractivity contribution in [2.45, 2.75) is 52.5 Å². The molecule has 18 heavy (non-hydrogen) atoms. The van der Waals surface area contributed by atoms with E-state index in [0.717, 1.165) is 25.1 Å². The lowest BCUT2D eigenvalue weighted by Gasteiger charge is -2.11. The Balaban J connectivity index is 2.47. The molecule has 5 heteroatoms. The number of nitrogens with zero attached hydrogens (tertiary/aromatic N) is 2. The highest BCUT2D eigenvalue weighted by Gasteiger charge is 2.04. The van der Waals surface area contributed by atoms with Crippen molar-refractivity contribution in [2.75, 3.05) is 10.6 Å². The molecule has 0 aliphatic rings. The second-order valence-corrected chi connectivity index (χ2v) is 4.41. The van der Waals surface area contributed by atoms with E-state index in [4.69, 9.17) is 0 Å². The van der Waals surface area contributed by atoms with Gasteiger partial charge in [0.15, 0.2) is 5.82 Å². The van der Waals surface area contributed by atoms with Crippen molar-refractivity contribution in [3.63, 3.8) is 0 Å². The number of aromatic nitrogens is 2. The van der Waals surface area contributed by atoms with E-state index >= 15 is 0 Å². The molecule has 1 aromatic rings. The van der Waals surface area contributed by atoms with Crippen LogP contribution in [0.25, 0.3) is 0 Å². The molecule has 1 amide bonds. The van der Waals surface area contributed by atoms with Gasteiger partial charge in [-0.3, -0.25) is 4.79 Å². The number of anilines is 2. The van der Waals surface area contributed by atoms with Crippen LogP contribution >= 0.6 is 0 Å². The second-order valence-electron chi connectivity index (χ2n) is 4.41. The quantitative estimate of drug-likeness (QED) is 0.781. The molecule has 0 aliphatic heterocycles. The molecular formula is C13H22N4O. The van der Waals surface area contributed by atoms with Crippen LogP contribution in [0.3, 0.4) is 0 Å². The average Bonchev–Trinajstić information content (AvgIpc) is 2.38. The number of hydrogen-bond donors (Lipinski definition) is 2. The van der Waals surface area contributed by atoms with E-state index in [0.29, 0.717) is 18.3 Å². The summed E-state index contributed by atoms with van der Waals surface area (Å²) in [7, 11) is 0. The van der Waals surface area contributed by atoms with Crippen LogP contribution in [0.5, 0.6) is 0 Å². The molecule has 0 bridgehead atoms. The molecule has 0 saturated heterocycles. The van der Waals surface area contributed by atoms with E-state index < -0.39 is 0 Å². The lowest BCUT2D eigenvalue weighted by Crippen LogP contribution is -2.16. The third-order valence-electron chi connectivity index (χ3n) is 2.70. The second kappa shape index (κ2) is 7.63. The van der Waals surface area contributed by atoms with Crippen molar-refractivity contribution in [3.8, 4) is 0 Å². The van der Waals surface area contributed by atoms with Gasteiger partial charge in [-0.1, -0.05) is 20.3 Å². The standard InChI is InChI=1S/C13H22N4O/c1-4-6-7-13(18)15-12-9-8-11(16-17-12)14-10(3)5-2/h8-10H,4-7H2,1-3H3,(H,14,16)(H,15,17,18). The molecule has 2 N–H and O–H groups in total. The van der Waals surface area contributed by atoms with Crippen LogP contribution in [0.1, 0.15) is 46.5 Å². The molecular weight excluding hydrogens is 228 g/mol. The molecule has 0 aromatic carbocycles. The van der Waals surface area contributed by atoms with Gasteiger partial charge in [-0.05, 0) is 31.9 Å². The van der Waals surface area contributed by atoms with Crippen molar-refractivity contribution in [2.24, 2.45) is 0 Å². The first-order chi connectivity index (χ1) is 8.65. The first-order valence-corrected chi connectivity index (χ1v) is 6.55. The zero-order chi connectivity index (χ0) is 13.4. The van der Waals surface area contributed by atoms with Crippen LogP contribution in [0.15, 0.2) is 12.1 Å². The molecule has 0 aliphatic carbocycles. The minimum Gasteiger partial charge on any atom is -0.366 e. The Kier molecular flexibility index (Phi) is 6.11. The zero-order valence-electron chi connectivity index (χ0n) is 11.4. The molecule has 0 saturated carbocycles. The van der Waals surface area contributed by atoms with Crippen molar-refractivity contribution >= 4 is 17.5 Å². The molecule has 0 radical (unpaired) electrons.